The number of thiophene rings is 1. The molecule has 4 nitrogen and oxygen atoms in total. The summed E-state index contributed by atoms with van der Waals surface area (Å²) < 4.78 is 11.0. The van der Waals surface area contributed by atoms with Gasteiger partial charge in [0.15, 0.2) is 5.76 Å². The summed E-state index contributed by atoms with van der Waals surface area (Å²) in [7, 11) is 1.75. The summed E-state index contributed by atoms with van der Waals surface area (Å²) in [4.78, 5) is 15.1. The number of amides is 1. The van der Waals surface area contributed by atoms with Crippen LogP contribution in [0.5, 0.6) is 11.7 Å². The van der Waals surface area contributed by atoms with Crippen molar-refractivity contribution < 1.29 is 13.9 Å². The van der Waals surface area contributed by atoms with Crippen molar-refractivity contribution in [1.29, 1.82) is 0 Å². The summed E-state index contributed by atoms with van der Waals surface area (Å²) >= 11 is 1.62. The highest BCUT2D eigenvalue weighted by Crippen LogP contribution is 2.24. The first-order valence-electron chi connectivity index (χ1n) is 6.83. The van der Waals surface area contributed by atoms with E-state index < -0.39 is 0 Å². The highest BCUT2D eigenvalue weighted by atomic mass is 32.1. The average Bonchev–Trinajstić information content (AvgIpc) is 3.19. The number of nitrogens with zero attached hydrogens (tertiary/aromatic N) is 1. The Hall–Kier alpha value is -2.53. The molecule has 22 heavy (non-hydrogen) atoms. The first-order chi connectivity index (χ1) is 10.7. The number of para-hydroxylation sites is 1. The number of hydrogen-bond donors (Lipinski definition) is 0. The molecule has 1 amide bonds. The van der Waals surface area contributed by atoms with Crippen molar-refractivity contribution in [3.05, 3.63) is 70.6 Å². The van der Waals surface area contributed by atoms with E-state index in [-0.39, 0.29) is 11.7 Å². The molecule has 0 saturated carbocycles. The summed E-state index contributed by atoms with van der Waals surface area (Å²) in [6, 6.07) is 16.6. The van der Waals surface area contributed by atoms with Gasteiger partial charge in [-0.15, -0.1) is 11.3 Å². The lowest BCUT2D eigenvalue weighted by atomic mass is 10.3. The number of hydrogen-bond acceptors (Lipinski definition) is 4. The molecule has 2 aromatic heterocycles. The number of benzene rings is 1. The fraction of sp³-hybridized carbons (Fsp3) is 0.118. The third kappa shape index (κ3) is 3.38. The van der Waals surface area contributed by atoms with E-state index in [1.807, 2.05) is 47.8 Å². The maximum Gasteiger partial charge on any atom is 0.290 e. The van der Waals surface area contributed by atoms with E-state index in [2.05, 4.69) is 0 Å². The molecular weight excluding hydrogens is 298 g/mol. The van der Waals surface area contributed by atoms with Crippen LogP contribution in [0.4, 0.5) is 0 Å². The Morgan fingerprint density at radius 2 is 1.95 bits per heavy atom. The minimum absolute atomic E-state index is 0.170. The van der Waals surface area contributed by atoms with Crippen molar-refractivity contribution >= 4 is 17.2 Å². The van der Waals surface area contributed by atoms with E-state index in [1.54, 1.807) is 35.4 Å². The van der Waals surface area contributed by atoms with Crippen molar-refractivity contribution in [3.8, 4) is 11.7 Å². The van der Waals surface area contributed by atoms with E-state index in [1.165, 1.54) is 0 Å². The lowest BCUT2D eigenvalue weighted by molar-refractivity contribution is 0.0749. The first kappa shape index (κ1) is 14.4. The number of ether oxygens (including phenoxy) is 1. The molecule has 0 aliphatic rings. The van der Waals surface area contributed by atoms with Crippen LogP contribution >= 0.6 is 11.3 Å². The summed E-state index contributed by atoms with van der Waals surface area (Å²) in [6.45, 7) is 0.562. The molecule has 2 heterocycles. The van der Waals surface area contributed by atoms with Crippen LogP contribution in [0.25, 0.3) is 0 Å². The van der Waals surface area contributed by atoms with Gasteiger partial charge in [-0.1, -0.05) is 24.3 Å². The lowest BCUT2D eigenvalue weighted by Gasteiger charge is -2.14. The molecule has 0 atom stereocenters. The smallest absolute Gasteiger partial charge is 0.290 e. The van der Waals surface area contributed by atoms with E-state index in [0.29, 0.717) is 18.2 Å². The molecule has 0 aliphatic heterocycles. The average molecular weight is 313 g/mol. The van der Waals surface area contributed by atoms with Crippen LogP contribution in [0, 0.1) is 0 Å². The second-order valence-corrected chi connectivity index (χ2v) is 5.81. The molecule has 0 N–H and O–H groups in total. The molecule has 112 valence electrons. The van der Waals surface area contributed by atoms with Crippen molar-refractivity contribution in [2.24, 2.45) is 0 Å². The number of carbonyl (C=O) groups is 1. The zero-order valence-corrected chi connectivity index (χ0v) is 12.9. The fourth-order valence-electron chi connectivity index (χ4n) is 1.99. The molecule has 5 heteroatoms. The van der Waals surface area contributed by atoms with Gasteiger partial charge >= 0.3 is 0 Å². The van der Waals surface area contributed by atoms with E-state index in [0.717, 1.165) is 4.88 Å². The third-order valence-electron chi connectivity index (χ3n) is 3.07. The molecule has 0 fully saturated rings. The molecular formula is C17H15NO3S. The molecule has 3 rings (SSSR count). The second kappa shape index (κ2) is 6.49. The molecule has 0 aliphatic carbocycles. The summed E-state index contributed by atoms with van der Waals surface area (Å²) in [5.41, 5.74) is 0. The summed E-state index contributed by atoms with van der Waals surface area (Å²) in [5, 5.41) is 1.99. The van der Waals surface area contributed by atoms with Crippen LogP contribution in [0.15, 0.2) is 64.4 Å². The van der Waals surface area contributed by atoms with Crippen LogP contribution in [-0.4, -0.2) is 17.9 Å². The minimum atomic E-state index is -0.170. The maximum atomic E-state index is 12.3. The van der Waals surface area contributed by atoms with Crippen molar-refractivity contribution in [3.63, 3.8) is 0 Å². The quantitative estimate of drug-likeness (QED) is 0.701. The standard InChI is InChI=1S/C17H15NO3S/c1-18(12-14-8-5-11-22-14)17(19)15-9-10-16(21-15)20-13-6-3-2-4-7-13/h2-11H,12H2,1H3. The van der Waals surface area contributed by atoms with Gasteiger partial charge in [-0.25, -0.2) is 0 Å². The monoisotopic (exact) mass is 313 g/mol. The Morgan fingerprint density at radius 1 is 1.14 bits per heavy atom. The van der Waals surface area contributed by atoms with Crippen LogP contribution < -0.4 is 4.74 Å². The van der Waals surface area contributed by atoms with Crippen LogP contribution in [0.2, 0.25) is 0 Å². The Balaban J connectivity index is 1.66. The highest BCUT2D eigenvalue weighted by Gasteiger charge is 2.17. The van der Waals surface area contributed by atoms with Gasteiger partial charge in [0.2, 0.25) is 0 Å². The lowest BCUT2D eigenvalue weighted by Crippen LogP contribution is -2.25. The molecule has 3 aromatic rings. The third-order valence-corrected chi connectivity index (χ3v) is 3.93. The Bertz CT molecular complexity index is 734. The molecule has 0 saturated heterocycles. The van der Waals surface area contributed by atoms with E-state index >= 15 is 0 Å². The van der Waals surface area contributed by atoms with Crippen LogP contribution in [0.3, 0.4) is 0 Å². The number of rotatable bonds is 5. The van der Waals surface area contributed by atoms with Gasteiger partial charge in [0.25, 0.3) is 11.9 Å². The maximum absolute atomic E-state index is 12.3. The Labute approximate surface area is 132 Å². The van der Waals surface area contributed by atoms with Gasteiger partial charge in [0.1, 0.15) is 5.75 Å². The fourth-order valence-corrected chi connectivity index (χ4v) is 2.75. The van der Waals surface area contributed by atoms with Crippen LogP contribution in [0.1, 0.15) is 15.4 Å². The second-order valence-electron chi connectivity index (χ2n) is 4.77. The van der Waals surface area contributed by atoms with Gasteiger partial charge in [-0.2, -0.15) is 0 Å². The van der Waals surface area contributed by atoms with Crippen LogP contribution in [-0.2, 0) is 6.54 Å². The van der Waals surface area contributed by atoms with E-state index in [4.69, 9.17) is 9.15 Å². The Morgan fingerprint density at radius 3 is 2.68 bits per heavy atom. The molecule has 0 unspecified atom stereocenters. The minimum Gasteiger partial charge on any atom is -0.426 e. The molecule has 0 radical (unpaired) electrons. The Kier molecular flexibility index (Phi) is 4.25. The van der Waals surface area contributed by atoms with Crippen molar-refractivity contribution in [2.45, 2.75) is 6.54 Å². The molecule has 0 bridgehead atoms. The molecule has 1 aromatic carbocycles. The van der Waals surface area contributed by atoms with Gasteiger partial charge in [-0.05, 0) is 29.6 Å². The normalized spacial score (nSPS) is 10.4. The SMILES string of the molecule is CN(Cc1cccs1)C(=O)c1ccc(Oc2ccccc2)o1. The number of furan rings is 1. The topological polar surface area (TPSA) is 42.7 Å². The zero-order chi connectivity index (χ0) is 15.4. The van der Waals surface area contributed by atoms with Gasteiger partial charge in [0, 0.05) is 18.0 Å². The van der Waals surface area contributed by atoms with E-state index in [9.17, 15) is 4.79 Å². The predicted octanol–water partition coefficient (Wildman–Crippen LogP) is 4.41. The van der Waals surface area contributed by atoms with Gasteiger partial charge in [-0.3, -0.25) is 4.79 Å². The van der Waals surface area contributed by atoms with Crippen molar-refractivity contribution in [1.82, 2.24) is 4.90 Å². The molecule has 0 spiro atoms. The van der Waals surface area contributed by atoms with Crippen molar-refractivity contribution in [2.75, 3.05) is 7.05 Å². The first-order valence-corrected chi connectivity index (χ1v) is 7.71. The predicted molar refractivity (Wildman–Crippen MR) is 85.3 cm³/mol. The van der Waals surface area contributed by atoms with Gasteiger partial charge < -0.3 is 14.1 Å². The zero-order valence-electron chi connectivity index (χ0n) is 12.1. The summed E-state index contributed by atoms with van der Waals surface area (Å²) in [6.07, 6.45) is 0. The largest absolute Gasteiger partial charge is 0.426 e. The number of carbonyl (C=O) groups excluding carboxylic acids is 1. The summed E-state index contributed by atoms with van der Waals surface area (Å²) in [5.74, 6) is 1.07. The highest BCUT2D eigenvalue weighted by molar-refractivity contribution is 7.09. The van der Waals surface area contributed by atoms with Gasteiger partial charge in [0.05, 0.1) is 6.54 Å².